The first-order valence-corrected chi connectivity index (χ1v) is 6.36. The average molecular weight is 196 g/mol. The van der Waals surface area contributed by atoms with Gasteiger partial charge in [0, 0.05) is 6.04 Å². The number of likely N-dealkylation sites (tertiary alicyclic amines) is 1. The van der Waals surface area contributed by atoms with Crippen molar-refractivity contribution in [2.24, 2.45) is 5.92 Å². The minimum Gasteiger partial charge on any atom is -0.316 e. The topological polar surface area (TPSA) is 15.3 Å². The lowest BCUT2D eigenvalue weighted by atomic mass is 9.85. The highest BCUT2D eigenvalue weighted by molar-refractivity contribution is 4.85. The standard InChI is InChI=1S/C12H24N2/c1-2-14-9-4-3-7-12(14)11-6-5-8-13-10-11/h11-13H,2-10H2,1H3/t11-,12+/m0/s1. The Balaban J connectivity index is 1.91. The smallest absolute Gasteiger partial charge is 0.0135 e. The van der Waals surface area contributed by atoms with Crippen LogP contribution < -0.4 is 5.32 Å². The molecule has 0 aromatic rings. The Morgan fingerprint density at radius 1 is 1.21 bits per heavy atom. The number of hydrogen-bond acceptors (Lipinski definition) is 2. The lowest BCUT2D eigenvalue weighted by molar-refractivity contribution is 0.0924. The molecule has 0 saturated carbocycles. The zero-order valence-corrected chi connectivity index (χ0v) is 9.47. The molecule has 0 bridgehead atoms. The Hall–Kier alpha value is -0.0800. The molecule has 0 aromatic heterocycles. The van der Waals surface area contributed by atoms with Crippen LogP contribution in [0.1, 0.15) is 39.0 Å². The van der Waals surface area contributed by atoms with Crippen LogP contribution in [0.2, 0.25) is 0 Å². The highest BCUT2D eigenvalue weighted by Crippen LogP contribution is 2.26. The Kier molecular flexibility index (Phi) is 3.82. The van der Waals surface area contributed by atoms with E-state index < -0.39 is 0 Å². The normalized spacial score (nSPS) is 35.8. The fraction of sp³-hybridized carbons (Fsp3) is 1.00. The van der Waals surface area contributed by atoms with Crippen molar-refractivity contribution in [3.8, 4) is 0 Å². The summed E-state index contributed by atoms with van der Waals surface area (Å²) in [5, 5.41) is 3.55. The van der Waals surface area contributed by atoms with Crippen molar-refractivity contribution >= 4 is 0 Å². The van der Waals surface area contributed by atoms with Gasteiger partial charge in [-0.25, -0.2) is 0 Å². The van der Waals surface area contributed by atoms with Gasteiger partial charge < -0.3 is 10.2 Å². The Morgan fingerprint density at radius 3 is 2.86 bits per heavy atom. The van der Waals surface area contributed by atoms with Gasteiger partial charge in [-0.1, -0.05) is 13.3 Å². The van der Waals surface area contributed by atoms with Gasteiger partial charge in [0.2, 0.25) is 0 Å². The van der Waals surface area contributed by atoms with Crippen LogP contribution in [0, 0.1) is 5.92 Å². The van der Waals surface area contributed by atoms with Gasteiger partial charge in [-0.15, -0.1) is 0 Å². The van der Waals surface area contributed by atoms with E-state index in [4.69, 9.17) is 0 Å². The van der Waals surface area contributed by atoms with E-state index in [0.29, 0.717) is 0 Å². The third-order valence-corrected chi connectivity index (χ3v) is 3.95. The van der Waals surface area contributed by atoms with Crippen LogP contribution in [0.4, 0.5) is 0 Å². The summed E-state index contributed by atoms with van der Waals surface area (Å²) in [5.74, 6) is 0.934. The highest BCUT2D eigenvalue weighted by Gasteiger charge is 2.29. The molecule has 2 heterocycles. The van der Waals surface area contributed by atoms with E-state index in [1.54, 1.807) is 0 Å². The summed E-state index contributed by atoms with van der Waals surface area (Å²) in [6.07, 6.45) is 7.16. The van der Waals surface area contributed by atoms with Crippen molar-refractivity contribution in [1.29, 1.82) is 0 Å². The molecular formula is C12H24N2. The molecule has 0 radical (unpaired) electrons. The molecule has 0 aliphatic carbocycles. The number of rotatable bonds is 2. The third kappa shape index (κ3) is 2.29. The van der Waals surface area contributed by atoms with Gasteiger partial charge in [0.05, 0.1) is 0 Å². The second kappa shape index (κ2) is 5.13. The van der Waals surface area contributed by atoms with Gasteiger partial charge in [0.25, 0.3) is 0 Å². The second-order valence-corrected chi connectivity index (χ2v) is 4.80. The maximum atomic E-state index is 3.55. The summed E-state index contributed by atoms with van der Waals surface area (Å²) in [7, 11) is 0. The van der Waals surface area contributed by atoms with Crippen LogP contribution in [0.15, 0.2) is 0 Å². The first-order chi connectivity index (χ1) is 6.92. The van der Waals surface area contributed by atoms with E-state index in [2.05, 4.69) is 17.1 Å². The zero-order chi connectivity index (χ0) is 9.80. The lowest BCUT2D eigenvalue weighted by Gasteiger charge is -2.41. The summed E-state index contributed by atoms with van der Waals surface area (Å²) in [6, 6.07) is 0.890. The second-order valence-electron chi connectivity index (χ2n) is 4.80. The van der Waals surface area contributed by atoms with E-state index in [-0.39, 0.29) is 0 Å². The van der Waals surface area contributed by atoms with Gasteiger partial charge >= 0.3 is 0 Å². The van der Waals surface area contributed by atoms with Gasteiger partial charge in [0.1, 0.15) is 0 Å². The Bertz CT molecular complexity index is 164. The van der Waals surface area contributed by atoms with E-state index in [9.17, 15) is 0 Å². The molecule has 0 aromatic carbocycles. The molecule has 82 valence electrons. The summed E-state index contributed by atoms with van der Waals surface area (Å²) < 4.78 is 0. The highest BCUT2D eigenvalue weighted by atomic mass is 15.2. The summed E-state index contributed by atoms with van der Waals surface area (Å²) in [5.41, 5.74) is 0. The van der Waals surface area contributed by atoms with Crippen LogP contribution in [0.5, 0.6) is 0 Å². The minimum absolute atomic E-state index is 0.890. The molecule has 2 atom stereocenters. The summed E-state index contributed by atoms with van der Waals surface area (Å²) >= 11 is 0. The van der Waals surface area contributed by atoms with Crippen molar-refractivity contribution in [1.82, 2.24) is 10.2 Å². The molecule has 1 N–H and O–H groups in total. The van der Waals surface area contributed by atoms with Crippen molar-refractivity contribution < 1.29 is 0 Å². The monoisotopic (exact) mass is 196 g/mol. The largest absolute Gasteiger partial charge is 0.316 e. The lowest BCUT2D eigenvalue weighted by Crippen LogP contribution is -2.48. The van der Waals surface area contributed by atoms with Crippen molar-refractivity contribution in [3.05, 3.63) is 0 Å². The molecule has 2 fully saturated rings. The predicted octanol–water partition coefficient (Wildman–Crippen LogP) is 1.86. The van der Waals surface area contributed by atoms with Crippen molar-refractivity contribution in [2.75, 3.05) is 26.2 Å². The number of nitrogens with zero attached hydrogens (tertiary/aromatic N) is 1. The number of piperidine rings is 2. The van der Waals surface area contributed by atoms with E-state index in [1.165, 1.54) is 58.3 Å². The molecule has 2 rings (SSSR count). The zero-order valence-electron chi connectivity index (χ0n) is 9.47. The number of hydrogen-bond donors (Lipinski definition) is 1. The maximum Gasteiger partial charge on any atom is 0.0135 e. The van der Waals surface area contributed by atoms with Crippen LogP contribution in [0.3, 0.4) is 0 Å². The fourth-order valence-corrected chi connectivity index (χ4v) is 3.15. The SMILES string of the molecule is CCN1CCCC[C@@H]1[C@H]1CCCNC1. The predicted molar refractivity (Wildman–Crippen MR) is 60.5 cm³/mol. The number of nitrogens with one attached hydrogen (secondary N) is 1. The van der Waals surface area contributed by atoms with E-state index in [0.717, 1.165) is 12.0 Å². The van der Waals surface area contributed by atoms with Crippen molar-refractivity contribution in [3.63, 3.8) is 0 Å². The van der Waals surface area contributed by atoms with Gasteiger partial charge in [-0.3, -0.25) is 0 Å². The molecule has 2 heteroatoms. The third-order valence-electron chi connectivity index (χ3n) is 3.95. The molecule has 0 spiro atoms. The van der Waals surface area contributed by atoms with Gasteiger partial charge in [-0.2, -0.15) is 0 Å². The average Bonchev–Trinajstić information content (AvgIpc) is 2.30. The van der Waals surface area contributed by atoms with Crippen LogP contribution in [-0.2, 0) is 0 Å². The molecule has 2 aliphatic rings. The van der Waals surface area contributed by atoms with Gasteiger partial charge in [0.15, 0.2) is 0 Å². The molecule has 0 unspecified atom stereocenters. The Morgan fingerprint density at radius 2 is 2.14 bits per heavy atom. The van der Waals surface area contributed by atoms with Crippen LogP contribution in [0.25, 0.3) is 0 Å². The first kappa shape index (κ1) is 10.4. The molecule has 2 aliphatic heterocycles. The van der Waals surface area contributed by atoms with Crippen LogP contribution in [-0.4, -0.2) is 37.1 Å². The quantitative estimate of drug-likeness (QED) is 0.725. The van der Waals surface area contributed by atoms with E-state index >= 15 is 0 Å². The molecule has 2 saturated heterocycles. The Labute approximate surface area is 88.1 Å². The summed E-state index contributed by atoms with van der Waals surface area (Å²) in [6.45, 7) is 7.42. The summed E-state index contributed by atoms with van der Waals surface area (Å²) in [4.78, 5) is 2.71. The van der Waals surface area contributed by atoms with Gasteiger partial charge in [-0.05, 0) is 57.8 Å². The minimum atomic E-state index is 0.890. The molecular weight excluding hydrogens is 172 g/mol. The molecule has 14 heavy (non-hydrogen) atoms. The maximum absolute atomic E-state index is 3.55. The fourth-order valence-electron chi connectivity index (χ4n) is 3.15. The molecule has 0 amide bonds. The molecule has 2 nitrogen and oxygen atoms in total. The van der Waals surface area contributed by atoms with Crippen molar-refractivity contribution in [2.45, 2.75) is 45.1 Å². The first-order valence-electron chi connectivity index (χ1n) is 6.36. The van der Waals surface area contributed by atoms with Crippen LogP contribution >= 0.6 is 0 Å². The van der Waals surface area contributed by atoms with E-state index in [1.807, 2.05) is 0 Å².